The largest absolute Gasteiger partial charge is 0.508 e. The van der Waals surface area contributed by atoms with E-state index in [4.69, 9.17) is 4.74 Å². The van der Waals surface area contributed by atoms with Crippen LogP contribution in [-0.2, 0) is 11.2 Å². The van der Waals surface area contributed by atoms with Crippen molar-refractivity contribution in [2.75, 3.05) is 0 Å². The summed E-state index contributed by atoms with van der Waals surface area (Å²) < 4.78 is 5.55. The van der Waals surface area contributed by atoms with Gasteiger partial charge in [0, 0.05) is 6.42 Å². The second kappa shape index (κ2) is 5.78. The van der Waals surface area contributed by atoms with Gasteiger partial charge in [-0.05, 0) is 43.7 Å². The van der Waals surface area contributed by atoms with Gasteiger partial charge in [-0.25, -0.2) is 4.79 Å². The van der Waals surface area contributed by atoms with Gasteiger partial charge in [0.1, 0.15) is 11.4 Å². The first kappa shape index (κ1) is 14.1. The molecule has 3 heteroatoms. The lowest BCUT2D eigenvalue weighted by molar-refractivity contribution is -0.000650. The molecule has 0 amide bonds. The Labute approximate surface area is 118 Å². The van der Waals surface area contributed by atoms with Gasteiger partial charge in [-0.15, -0.1) is 0 Å². The molecule has 0 aliphatic heterocycles. The highest BCUT2D eigenvalue weighted by Gasteiger charge is 2.24. The van der Waals surface area contributed by atoms with Crippen molar-refractivity contribution in [2.45, 2.75) is 25.9 Å². The Bertz CT molecular complexity index is 571. The predicted octanol–water partition coefficient (Wildman–Crippen LogP) is 3.57. The quantitative estimate of drug-likeness (QED) is 0.864. The van der Waals surface area contributed by atoms with E-state index in [1.54, 1.807) is 12.1 Å². The highest BCUT2D eigenvalue weighted by molar-refractivity contribution is 5.89. The standard InChI is InChI=1S/C17H18O3/c1-17(2,12-13-6-4-3-5-7-13)20-16(19)14-8-10-15(18)11-9-14/h3-11,18H,12H2,1-2H3. The molecule has 0 spiro atoms. The van der Waals surface area contributed by atoms with Gasteiger partial charge in [-0.3, -0.25) is 0 Å². The van der Waals surface area contributed by atoms with Crippen LogP contribution in [0, 0.1) is 0 Å². The third-order valence-electron chi connectivity index (χ3n) is 2.94. The van der Waals surface area contributed by atoms with Gasteiger partial charge in [0.05, 0.1) is 5.56 Å². The van der Waals surface area contributed by atoms with Gasteiger partial charge in [0.2, 0.25) is 0 Å². The number of phenols is 1. The highest BCUT2D eigenvalue weighted by Crippen LogP contribution is 2.20. The number of aromatic hydroxyl groups is 1. The van der Waals surface area contributed by atoms with E-state index in [0.717, 1.165) is 5.56 Å². The van der Waals surface area contributed by atoms with Crippen molar-refractivity contribution in [3.05, 3.63) is 65.7 Å². The van der Waals surface area contributed by atoms with Crippen molar-refractivity contribution in [1.82, 2.24) is 0 Å². The summed E-state index contributed by atoms with van der Waals surface area (Å²) in [6, 6.07) is 16.0. The topological polar surface area (TPSA) is 46.5 Å². The lowest BCUT2D eigenvalue weighted by Crippen LogP contribution is -2.30. The minimum atomic E-state index is -0.587. The molecule has 2 aromatic carbocycles. The maximum atomic E-state index is 12.1. The van der Waals surface area contributed by atoms with Crippen LogP contribution in [0.4, 0.5) is 0 Å². The zero-order valence-corrected chi connectivity index (χ0v) is 11.7. The number of phenolic OH excluding ortho intramolecular Hbond substituents is 1. The molecule has 0 fully saturated rings. The number of ether oxygens (including phenoxy) is 1. The van der Waals surface area contributed by atoms with Crippen molar-refractivity contribution in [1.29, 1.82) is 0 Å². The average molecular weight is 270 g/mol. The molecule has 0 aliphatic carbocycles. The maximum absolute atomic E-state index is 12.1. The summed E-state index contributed by atoms with van der Waals surface area (Å²) in [6.07, 6.45) is 0.650. The van der Waals surface area contributed by atoms with Crippen molar-refractivity contribution in [2.24, 2.45) is 0 Å². The fourth-order valence-electron chi connectivity index (χ4n) is 2.03. The van der Waals surface area contributed by atoms with E-state index >= 15 is 0 Å². The van der Waals surface area contributed by atoms with Gasteiger partial charge in [-0.1, -0.05) is 30.3 Å². The summed E-state index contributed by atoms with van der Waals surface area (Å²) >= 11 is 0. The molecule has 0 radical (unpaired) electrons. The first-order valence-corrected chi connectivity index (χ1v) is 6.53. The van der Waals surface area contributed by atoms with Crippen molar-refractivity contribution < 1.29 is 14.6 Å². The SMILES string of the molecule is CC(C)(Cc1ccccc1)OC(=O)c1ccc(O)cc1. The second-order valence-corrected chi connectivity index (χ2v) is 5.36. The zero-order valence-electron chi connectivity index (χ0n) is 11.7. The number of hydrogen-bond donors (Lipinski definition) is 1. The van der Waals surface area contributed by atoms with E-state index in [-0.39, 0.29) is 11.7 Å². The van der Waals surface area contributed by atoms with Gasteiger partial charge in [0.15, 0.2) is 0 Å². The highest BCUT2D eigenvalue weighted by atomic mass is 16.6. The van der Waals surface area contributed by atoms with Crippen LogP contribution in [0.15, 0.2) is 54.6 Å². The van der Waals surface area contributed by atoms with Gasteiger partial charge in [0.25, 0.3) is 0 Å². The van der Waals surface area contributed by atoms with E-state index < -0.39 is 5.60 Å². The van der Waals surface area contributed by atoms with E-state index in [9.17, 15) is 9.90 Å². The average Bonchev–Trinajstić information content (AvgIpc) is 2.39. The fourth-order valence-corrected chi connectivity index (χ4v) is 2.03. The minimum absolute atomic E-state index is 0.130. The van der Waals surface area contributed by atoms with E-state index in [0.29, 0.717) is 12.0 Å². The Morgan fingerprint density at radius 3 is 2.25 bits per heavy atom. The fraction of sp³-hybridized carbons (Fsp3) is 0.235. The Hall–Kier alpha value is -2.29. The smallest absolute Gasteiger partial charge is 0.338 e. The first-order chi connectivity index (χ1) is 9.46. The summed E-state index contributed by atoms with van der Waals surface area (Å²) in [5, 5.41) is 9.21. The molecule has 0 unspecified atom stereocenters. The number of carbonyl (C=O) groups excluding carboxylic acids is 1. The molecule has 2 aromatic rings. The second-order valence-electron chi connectivity index (χ2n) is 5.36. The zero-order chi connectivity index (χ0) is 14.6. The van der Waals surface area contributed by atoms with E-state index in [1.165, 1.54) is 12.1 Å². The lowest BCUT2D eigenvalue weighted by atomic mass is 9.98. The Morgan fingerprint density at radius 1 is 1.05 bits per heavy atom. The maximum Gasteiger partial charge on any atom is 0.338 e. The molecular weight excluding hydrogens is 252 g/mol. The molecule has 0 aliphatic rings. The Kier molecular flexibility index (Phi) is 4.08. The molecule has 0 saturated heterocycles. The van der Waals surface area contributed by atoms with E-state index in [2.05, 4.69) is 0 Å². The molecule has 3 nitrogen and oxygen atoms in total. The normalized spacial score (nSPS) is 11.1. The van der Waals surface area contributed by atoms with Crippen LogP contribution >= 0.6 is 0 Å². The van der Waals surface area contributed by atoms with Crippen molar-refractivity contribution in [3.8, 4) is 5.75 Å². The van der Waals surface area contributed by atoms with Gasteiger partial charge < -0.3 is 9.84 Å². The monoisotopic (exact) mass is 270 g/mol. The van der Waals surface area contributed by atoms with E-state index in [1.807, 2.05) is 44.2 Å². The Balaban J connectivity index is 2.04. The summed E-state index contributed by atoms with van der Waals surface area (Å²) in [7, 11) is 0. The van der Waals surface area contributed by atoms with Gasteiger partial charge in [-0.2, -0.15) is 0 Å². The predicted molar refractivity (Wildman–Crippen MR) is 77.7 cm³/mol. The molecular formula is C17H18O3. The third kappa shape index (κ3) is 3.85. The summed E-state index contributed by atoms with van der Waals surface area (Å²) in [5.74, 6) is -0.254. The minimum Gasteiger partial charge on any atom is -0.508 e. The number of esters is 1. The first-order valence-electron chi connectivity index (χ1n) is 6.53. The molecule has 20 heavy (non-hydrogen) atoms. The molecule has 0 heterocycles. The Morgan fingerprint density at radius 2 is 1.65 bits per heavy atom. The number of carbonyl (C=O) groups is 1. The van der Waals surface area contributed by atoms with Crippen molar-refractivity contribution >= 4 is 5.97 Å². The van der Waals surface area contributed by atoms with Crippen LogP contribution in [-0.4, -0.2) is 16.7 Å². The van der Waals surface area contributed by atoms with Crippen LogP contribution in [0.1, 0.15) is 29.8 Å². The number of rotatable bonds is 4. The molecule has 104 valence electrons. The summed E-state index contributed by atoms with van der Waals surface area (Å²) in [5.41, 5.74) is 0.969. The lowest BCUT2D eigenvalue weighted by Gasteiger charge is -2.25. The number of hydrogen-bond acceptors (Lipinski definition) is 3. The third-order valence-corrected chi connectivity index (χ3v) is 2.94. The molecule has 0 aromatic heterocycles. The van der Waals surface area contributed by atoms with Crippen LogP contribution in [0.5, 0.6) is 5.75 Å². The van der Waals surface area contributed by atoms with Gasteiger partial charge >= 0.3 is 5.97 Å². The van der Waals surface area contributed by atoms with Crippen LogP contribution in [0.2, 0.25) is 0 Å². The molecule has 0 bridgehead atoms. The van der Waals surface area contributed by atoms with Crippen LogP contribution in [0.25, 0.3) is 0 Å². The number of benzene rings is 2. The summed E-state index contributed by atoms with van der Waals surface area (Å²) in [6.45, 7) is 3.77. The molecule has 2 rings (SSSR count). The van der Waals surface area contributed by atoms with Crippen LogP contribution in [0.3, 0.4) is 0 Å². The molecule has 1 N–H and O–H groups in total. The van der Waals surface area contributed by atoms with Crippen LogP contribution < -0.4 is 0 Å². The summed E-state index contributed by atoms with van der Waals surface area (Å²) in [4.78, 5) is 12.1. The molecule has 0 atom stereocenters. The molecule has 0 saturated carbocycles. The van der Waals surface area contributed by atoms with Crippen molar-refractivity contribution in [3.63, 3.8) is 0 Å².